The van der Waals surface area contributed by atoms with E-state index in [2.05, 4.69) is 26.6 Å². The third kappa shape index (κ3) is 4.88. The molecule has 138 valence electrons. The predicted octanol–water partition coefficient (Wildman–Crippen LogP) is 1.49. The lowest BCUT2D eigenvalue weighted by Crippen LogP contribution is -2.49. The van der Waals surface area contributed by atoms with Crippen molar-refractivity contribution in [3.63, 3.8) is 0 Å². The van der Waals surface area contributed by atoms with Gasteiger partial charge in [0.15, 0.2) is 0 Å². The number of methoxy groups -OCH3 is 1. The molecule has 1 fully saturated rings. The van der Waals surface area contributed by atoms with Gasteiger partial charge in [-0.25, -0.2) is 0 Å². The van der Waals surface area contributed by atoms with E-state index >= 15 is 0 Å². The molecule has 3 rings (SSSR count). The number of hydrogen-bond acceptors (Lipinski definition) is 5. The molecule has 1 amide bonds. The molecule has 0 spiro atoms. The van der Waals surface area contributed by atoms with Gasteiger partial charge in [0.25, 0.3) is 0 Å². The molecule has 26 heavy (non-hydrogen) atoms. The van der Waals surface area contributed by atoms with Gasteiger partial charge in [0.05, 0.1) is 13.2 Å². The Morgan fingerprint density at radius 3 is 2.92 bits per heavy atom. The van der Waals surface area contributed by atoms with E-state index in [1.807, 2.05) is 36.5 Å². The van der Waals surface area contributed by atoms with E-state index in [-0.39, 0.29) is 11.9 Å². The molecule has 2 N–H and O–H groups in total. The molecule has 1 aliphatic heterocycles. The van der Waals surface area contributed by atoms with Gasteiger partial charge in [0.1, 0.15) is 0 Å². The van der Waals surface area contributed by atoms with Gasteiger partial charge in [0, 0.05) is 51.7 Å². The average molecular weight is 354 g/mol. The molecule has 2 aromatic rings. The maximum atomic E-state index is 12.5. The first kappa shape index (κ1) is 18.5. The molecule has 1 saturated heterocycles. The van der Waals surface area contributed by atoms with E-state index < -0.39 is 0 Å². The van der Waals surface area contributed by atoms with Crippen molar-refractivity contribution < 1.29 is 9.53 Å². The topological polar surface area (TPSA) is 66.5 Å². The largest absolute Gasteiger partial charge is 0.380 e. The van der Waals surface area contributed by atoms with Crippen LogP contribution in [0, 0.1) is 0 Å². The number of benzene rings is 1. The summed E-state index contributed by atoms with van der Waals surface area (Å²) in [5, 5.41) is 6.45. The number of nitrogens with one attached hydrogen (secondary N) is 2. The molecule has 0 saturated carbocycles. The predicted molar refractivity (Wildman–Crippen MR) is 100 cm³/mol. The Morgan fingerprint density at radius 2 is 2.15 bits per heavy atom. The Hall–Kier alpha value is -2.28. The summed E-state index contributed by atoms with van der Waals surface area (Å²) in [6.07, 6.45) is 3.65. The second-order valence-electron chi connectivity index (χ2n) is 6.46. The lowest BCUT2D eigenvalue weighted by atomic mass is 10.1. The van der Waals surface area contributed by atoms with Crippen LogP contribution in [-0.2, 0) is 22.7 Å². The summed E-state index contributed by atoms with van der Waals surface area (Å²) in [7, 11) is 1.68. The molecule has 1 aliphatic rings. The van der Waals surface area contributed by atoms with E-state index in [0.717, 1.165) is 36.3 Å². The van der Waals surface area contributed by atoms with Gasteiger partial charge in [-0.2, -0.15) is 0 Å². The smallest absolute Gasteiger partial charge is 0.234 e. The summed E-state index contributed by atoms with van der Waals surface area (Å²) in [4.78, 5) is 18.9. The fourth-order valence-corrected chi connectivity index (χ4v) is 3.30. The monoisotopic (exact) mass is 354 g/mol. The van der Waals surface area contributed by atoms with Crippen molar-refractivity contribution in [3.05, 3.63) is 65.5 Å². The van der Waals surface area contributed by atoms with E-state index in [9.17, 15) is 4.79 Å². The number of aromatic nitrogens is 1. The molecular weight excluding hydrogens is 328 g/mol. The standard InChI is InChI=1S/C20H26N4O2/c1-26-15-18-6-3-2-5-16(18)12-23-20(25)14-24-10-9-22-13-19(24)17-7-4-8-21-11-17/h2-8,11,19,22H,9-10,12-15H2,1H3,(H,23,25). The van der Waals surface area contributed by atoms with Crippen LogP contribution in [0.3, 0.4) is 0 Å². The van der Waals surface area contributed by atoms with E-state index in [4.69, 9.17) is 4.74 Å². The summed E-state index contributed by atoms with van der Waals surface area (Å²) in [6, 6.07) is 12.2. The molecule has 0 radical (unpaired) electrons. The zero-order chi connectivity index (χ0) is 18.2. The van der Waals surface area contributed by atoms with Crippen LogP contribution >= 0.6 is 0 Å². The number of carbonyl (C=O) groups excluding carboxylic acids is 1. The van der Waals surface area contributed by atoms with Crippen molar-refractivity contribution in [2.45, 2.75) is 19.2 Å². The third-order valence-corrected chi connectivity index (χ3v) is 4.66. The number of piperazine rings is 1. The van der Waals surface area contributed by atoms with Crippen LogP contribution in [0.25, 0.3) is 0 Å². The highest BCUT2D eigenvalue weighted by Gasteiger charge is 2.25. The van der Waals surface area contributed by atoms with E-state index in [1.165, 1.54) is 0 Å². The normalized spacial score (nSPS) is 17.8. The second-order valence-corrected chi connectivity index (χ2v) is 6.46. The van der Waals surface area contributed by atoms with Crippen molar-refractivity contribution in [1.82, 2.24) is 20.5 Å². The lowest BCUT2D eigenvalue weighted by Gasteiger charge is -2.35. The molecule has 1 aromatic heterocycles. The van der Waals surface area contributed by atoms with Crippen molar-refractivity contribution >= 4 is 5.91 Å². The first-order chi connectivity index (χ1) is 12.8. The van der Waals surface area contributed by atoms with Gasteiger partial charge >= 0.3 is 0 Å². The first-order valence-corrected chi connectivity index (χ1v) is 8.95. The SMILES string of the molecule is COCc1ccccc1CNC(=O)CN1CCNCC1c1cccnc1. The van der Waals surface area contributed by atoms with Crippen LogP contribution in [-0.4, -0.2) is 49.1 Å². The summed E-state index contributed by atoms with van der Waals surface area (Å²) in [5.41, 5.74) is 3.33. The van der Waals surface area contributed by atoms with Crippen molar-refractivity contribution in [2.75, 3.05) is 33.3 Å². The van der Waals surface area contributed by atoms with E-state index in [1.54, 1.807) is 13.3 Å². The highest BCUT2D eigenvalue weighted by molar-refractivity contribution is 5.78. The Labute approximate surface area is 154 Å². The van der Waals surface area contributed by atoms with Crippen LogP contribution in [0.1, 0.15) is 22.7 Å². The van der Waals surface area contributed by atoms with Gasteiger partial charge in [-0.3, -0.25) is 14.7 Å². The lowest BCUT2D eigenvalue weighted by molar-refractivity contribution is -0.123. The quantitative estimate of drug-likeness (QED) is 0.789. The molecule has 2 heterocycles. The van der Waals surface area contributed by atoms with Crippen molar-refractivity contribution in [1.29, 1.82) is 0 Å². The molecular formula is C20H26N4O2. The summed E-state index contributed by atoms with van der Waals surface area (Å²) in [5.74, 6) is 0.0352. The number of ether oxygens (including phenoxy) is 1. The Kier molecular flexibility index (Phi) is 6.71. The van der Waals surface area contributed by atoms with Crippen molar-refractivity contribution in [3.8, 4) is 0 Å². The van der Waals surface area contributed by atoms with Gasteiger partial charge < -0.3 is 15.4 Å². The first-order valence-electron chi connectivity index (χ1n) is 8.95. The second kappa shape index (κ2) is 9.43. The van der Waals surface area contributed by atoms with Gasteiger partial charge in [-0.15, -0.1) is 0 Å². The van der Waals surface area contributed by atoms with Crippen LogP contribution < -0.4 is 10.6 Å². The van der Waals surface area contributed by atoms with Gasteiger partial charge in [-0.1, -0.05) is 30.3 Å². The number of nitrogens with zero attached hydrogens (tertiary/aromatic N) is 2. The molecule has 0 bridgehead atoms. The fraction of sp³-hybridized carbons (Fsp3) is 0.400. The molecule has 1 aromatic carbocycles. The average Bonchev–Trinajstić information content (AvgIpc) is 2.69. The van der Waals surface area contributed by atoms with Crippen molar-refractivity contribution in [2.24, 2.45) is 0 Å². The highest BCUT2D eigenvalue weighted by Crippen LogP contribution is 2.20. The van der Waals surface area contributed by atoms with Gasteiger partial charge in [-0.05, 0) is 22.8 Å². The van der Waals surface area contributed by atoms with Crippen LogP contribution in [0.5, 0.6) is 0 Å². The zero-order valence-corrected chi connectivity index (χ0v) is 15.1. The fourth-order valence-electron chi connectivity index (χ4n) is 3.30. The van der Waals surface area contributed by atoms with Gasteiger partial charge in [0.2, 0.25) is 5.91 Å². The molecule has 1 unspecified atom stereocenters. The number of rotatable bonds is 7. The minimum Gasteiger partial charge on any atom is -0.380 e. The maximum absolute atomic E-state index is 12.5. The number of carbonyl (C=O) groups is 1. The minimum atomic E-state index is 0.0352. The van der Waals surface area contributed by atoms with Crippen LogP contribution in [0.15, 0.2) is 48.8 Å². The summed E-state index contributed by atoms with van der Waals surface area (Å²) < 4.78 is 5.23. The molecule has 0 aliphatic carbocycles. The molecule has 6 nitrogen and oxygen atoms in total. The Balaban J connectivity index is 1.58. The zero-order valence-electron chi connectivity index (χ0n) is 15.1. The van der Waals surface area contributed by atoms with E-state index in [0.29, 0.717) is 19.7 Å². The highest BCUT2D eigenvalue weighted by atomic mass is 16.5. The summed E-state index contributed by atoms with van der Waals surface area (Å²) >= 11 is 0. The van der Waals surface area contributed by atoms with Crippen LogP contribution in [0.2, 0.25) is 0 Å². The number of amides is 1. The minimum absolute atomic E-state index is 0.0352. The Bertz CT molecular complexity index is 708. The molecule has 6 heteroatoms. The molecule has 1 atom stereocenters. The number of hydrogen-bond donors (Lipinski definition) is 2. The Morgan fingerprint density at radius 1 is 1.31 bits per heavy atom. The summed E-state index contributed by atoms with van der Waals surface area (Å²) in [6.45, 7) is 4.01. The van der Waals surface area contributed by atoms with Crippen LogP contribution in [0.4, 0.5) is 0 Å². The maximum Gasteiger partial charge on any atom is 0.234 e. The number of pyridine rings is 1. The third-order valence-electron chi connectivity index (χ3n) is 4.66.